The number of aryl methyl sites for hydroxylation is 1. The summed E-state index contributed by atoms with van der Waals surface area (Å²) in [5.74, 6) is 1.07. The molecule has 108 valence electrons. The number of halogens is 1. The SMILES string of the molecule is CC.CNc1ncc(C)c(NCc2cccc(F)c2)n1. The number of hydrogen-bond donors (Lipinski definition) is 2. The fourth-order valence-electron chi connectivity index (χ4n) is 1.57. The van der Waals surface area contributed by atoms with Crippen LogP contribution in [0, 0.1) is 12.7 Å². The summed E-state index contributed by atoms with van der Waals surface area (Å²) in [5.41, 5.74) is 1.82. The predicted octanol–water partition coefficient (Wildman–Crippen LogP) is 3.60. The first-order chi connectivity index (χ1) is 9.69. The van der Waals surface area contributed by atoms with Crippen molar-refractivity contribution in [1.82, 2.24) is 9.97 Å². The van der Waals surface area contributed by atoms with Crippen LogP contribution in [0.5, 0.6) is 0 Å². The van der Waals surface area contributed by atoms with Crippen molar-refractivity contribution in [1.29, 1.82) is 0 Å². The van der Waals surface area contributed by atoms with Crippen molar-refractivity contribution in [2.45, 2.75) is 27.3 Å². The van der Waals surface area contributed by atoms with Crippen molar-refractivity contribution in [3.05, 3.63) is 47.4 Å². The molecule has 0 atom stereocenters. The second-order valence-corrected chi connectivity index (χ2v) is 3.96. The van der Waals surface area contributed by atoms with Gasteiger partial charge in [-0.25, -0.2) is 9.37 Å². The first kappa shape index (κ1) is 15.9. The zero-order chi connectivity index (χ0) is 15.0. The van der Waals surface area contributed by atoms with E-state index in [0.29, 0.717) is 12.5 Å². The van der Waals surface area contributed by atoms with Gasteiger partial charge in [0.2, 0.25) is 5.95 Å². The molecule has 0 aliphatic rings. The molecule has 1 heterocycles. The van der Waals surface area contributed by atoms with E-state index in [1.54, 1.807) is 19.3 Å². The Kier molecular flexibility index (Phi) is 6.43. The smallest absolute Gasteiger partial charge is 0.224 e. The molecule has 1 aromatic carbocycles. The quantitative estimate of drug-likeness (QED) is 0.895. The van der Waals surface area contributed by atoms with Gasteiger partial charge in [-0.15, -0.1) is 0 Å². The fraction of sp³-hybridized carbons (Fsp3) is 0.333. The van der Waals surface area contributed by atoms with Gasteiger partial charge in [0, 0.05) is 25.4 Å². The van der Waals surface area contributed by atoms with Gasteiger partial charge < -0.3 is 10.6 Å². The lowest BCUT2D eigenvalue weighted by Gasteiger charge is -2.09. The number of anilines is 2. The van der Waals surface area contributed by atoms with Crippen LogP contribution < -0.4 is 10.6 Å². The molecule has 4 nitrogen and oxygen atoms in total. The second kappa shape index (κ2) is 8.09. The highest BCUT2D eigenvalue weighted by atomic mass is 19.1. The summed E-state index contributed by atoms with van der Waals surface area (Å²) in [6.07, 6.45) is 1.74. The first-order valence-corrected chi connectivity index (χ1v) is 6.69. The molecule has 5 heteroatoms. The highest BCUT2D eigenvalue weighted by Gasteiger charge is 2.03. The van der Waals surface area contributed by atoms with Gasteiger partial charge in [0.05, 0.1) is 0 Å². The van der Waals surface area contributed by atoms with E-state index in [1.807, 2.05) is 26.8 Å². The van der Waals surface area contributed by atoms with Crippen LogP contribution >= 0.6 is 0 Å². The number of rotatable bonds is 4. The topological polar surface area (TPSA) is 49.8 Å². The maximum absolute atomic E-state index is 13.0. The van der Waals surface area contributed by atoms with E-state index < -0.39 is 0 Å². The number of hydrogen-bond acceptors (Lipinski definition) is 4. The summed E-state index contributed by atoms with van der Waals surface area (Å²) < 4.78 is 13.0. The van der Waals surface area contributed by atoms with Gasteiger partial charge in [0.15, 0.2) is 0 Å². The molecular formula is C15H21FN4. The van der Waals surface area contributed by atoms with Gasteiger partial charge >= 0.3 is 0 Å². The molecule has 0 aliphatic carbocycles. The summed E-state index contributed by atoms with van der Waals surface area (Å²) in [7, 11) is 1.76. The maximum atomic E-state index is 13.0. The van der Waals surface area contributed by atoms with Crippen molar-refractivity contribution >= 4 is 11.8 Å². The van der Waals surface area contributed by atoms with E-state index in [2.05, 4.69) is 20.6 Å². The molecule has 0 spiro atoms. The van der Waals surface area contributed by atoms with Crippen molar-refractivity contribution in [3.63, 3.8) is 0 Å². The number of benzene rings is 1. The number of aromatic nitrogens is 2. The zero-order valence-corrected chi connectivity index (χ0v) is 12.4. The third-order valence-corrected chi connectivity index (χ3v) is 2.54. The Hall–Kier alpha value is -2.17. The van der Waals surface area contributed by atoms with Crippen LogP contribution in [0.2, 0.25) is 0 Å². The maximum Gasteiger partial charge on any atom is 0.224 e. The molecule has 1 aromatic heterocycles. The largest absolute Gasteiger partial charge is 0.366 e. The normalized spacial score (nSPS) is 9.45. The van der Waals surface area contributed by atoms with Crippen molar-refractivity contribution < 1.29 is 4.39 Å². The molecule has 0 unspecified atom stereocenters. The highest BCUT2D eigenvalue weighted by molar-refractivity contribution is 5.46. The third kappa shape index (κ3) is 4.50. The minimum atomic E-state index is -0.232. The van der Waals surface area contributed by atoms with Gasteiger partial charge in [-0.1, -0.05) is 26.0 Å². The van der Waals surface area contributed by atoms with Gasteiger partial charge in [-0.2, -0.15) is 4.98 Å². The molecule has 0 fully saturated rings. The standard InChI is InChI=1S/C13H15FN4.C2H6/c1-9-7-17-13(15-2)18-12(9)16-8-10-4-3-5-11(14)6-10;1-2/h3-7H,8H2,1-2H3,(H2,15,16,17,18);1-2H3. The zero-order valence-electron chi connectivity index (χ0n) is 12.4. The van der Waals surface area contributed by atoms with Crippen molar-refractivity contribution in [2.75, 3.05) is 17.7 Å². The molecule has 0 amide bonds. The monoisotopic (exact) mass is 276 g/mol. The third-order valence-electron chi connectivity index (χ3n) is 2.54. The number of nitrogens with one attached hydrogen (secondary N) is 2. The summed E-state index contributed by atoms with van der Waals surface area (Å²) >= 11 is 0. The lowest BCUT2D eigenvalue weighted by atomic mass is 10.2. The average Bonchev–Trinajstić information content (AvgIpc) is 2.48. The van der Waals surface area contributed by atoms with Gasteiger partial charge in [-0.3, -0.25) is 0 Å². The molecule has 20 heavy (non-hydrogen) atoms. The minimum absolute atomic E-state index is 0.232. The van der Waals surface area contributed by atoms with Crippen LogP contribution in [-0.4, -0.2) is 17.0 Å². The molecule has 0 aliphatic heterocycles. The molecule has 0 saturated heterocycles. The van der Waals surface area contributed by atoms with Gasteiger partial charge in [0.25, 0.3) is 0 Å². The van der Waals surface area contributed by atoms with E-state index in [0.717, 1.165) is 16.9 Å². The van der Waals surface area contributed by atoms with Crippen LogP contribution in [0.1, 0.15) is 25.0 Å². The molecule has 0 radical (unpaired) electrons. The lowest BCUT2D eigenvalue weighted by Crippen LogP contribution is -2.06. The Morgan fingerprint density at radius 1 is 1.25 bits per heavy atom. The fourth-order valence-corrected chi connectivity index (χ4v) is 1.57. The molecule has 2 aromatic rings. The Morgan fingerprint density at radius 2 is 2.00 bits per heavy atom. The first-order valence-electron chi connectivity index (χ1n) is 6.69. The lowest BCUT2D eigenvalue weighted by molar-refractivity contribution is 0.626. The van der Waals surface area contributed by atoms with Crippen molar-refractivity contribution in [3.8, 4) is 0 Å². The molecule has 0 saturated carbocycles. The predicted molar refractivity (Wildman–Crippen MR) is 81.4 cm³/mol. The van der Waals surface area contributed by atoms with Crippen molar-refractivity contribution in [2.24, 2.45) is 0 Å². The highest BCUT2D eigenvalue weighted by Crippen LogP contribution is 2.14. The average molecular weight is 276 g/mol. The van der Waals surface area contributed by atoms with Crippen LogP contribution in [-0.2, 0) is 6.54 Å². The molecule has 0 bridgehead atoms. The van der Waals surface area contributed by atoms with E-state index in [-0.39, 0.29) is 5.82 Å². The summed E-state index contributed by atoms with van der Waals surface area (Å²) in [5, 5.41) is 6.05. The van der Waals surface area contributed by atoms with Crippen LogP contribution in [0.15, 0.2) is 30.5 Å². The van der Waals surface area contributed by atoms with Crippen LogP contribution in [0.4, 0.5) is 16.2 Å². The van der Waals surface area contributed by atoms with E-state index in [4.69, 9.17) is 0 Å². The molecule has 2 rings (SSSR count). The molecular weight excluding hydrogens is 255 g/mol. The summed E-state index contributed by atoms with van der Waals surface area (Å²) in [6.45, 7) is 6.45. The van der Waals surface area contributed by atoms with E-state index >= 15 is 0 Å². The van der Waals surface area contributed by atoms with Crippen LogP contribution in [0.25, 0.3) is 0 Å². The van der Waals surface area contributed by atoms with Gasteiger partial charge in [-0.05, 0) is 24.6 Å². The van der Waals surface area contributed by atoms with Crippen LogP contribution in [0.3, 0.4) is 0 Å². The Balaban J connectivity index is 0.000000956. The number of nitrogens with zero attached hydrogens (tertiary/aromatic N) is 2. The second-order valence-electron chi connectivity index (χ2n) is 3.96. The Morgan fingerprint density at radius 3 is 2.65 bits per heavy atom. The Labute approximate surface area is 119 Å². The van der Waals surface area contributed by atoms with E-state index in [1.165, 1.54) is 12.1 Å². The van der Waals surface area contributed by atoms with E-state index in [9.17, 15) is 4.39 Å². The molecule has 2 N–H and O–H groups in total. The van der Waals surface area contributed by atoms with Gasteiger partial charge in [0.1, 0.15) is 11.6 Å². The Bertz CT molecular complexity index is 543. The summed E-state index contributed by atoms with van der Waals surface area (Å²) in [4.78, 5) is 8.41. The minimum Gasteiger partial charge on any atom is -0.366 e. The summed E-state index contributed by atoms with van der Waals surface area (Å²) in [6, 6.07) is 6.49.